The van der Waals surface area contributed by atoms with Crippen LogP contribution in [-0.4, -0.2) is 23.7 Å². The Labute approximate surface area is 155 Å². The molecule has 1 atom stereocenters. The van der Waals surface area contributed by atoms with E-state index < -0.39 is 0 Å². The number of anilines is 1. The zero-order valence-electron chi connectivity index (χ0n) is 14.0. The number of carbonyl (C=O) groups excluding carboxylic acids is 2. The minimum absolute atomic E-state index is 0.280. The predicted molar refractivity (Wildman–Crippen MR) is 103 cm³/mol. The van der Waals surface area contributed by atoms with Gasteiger partial charge in [-0.1, -0.05) is 54.6 Å². The summed E-state index contributed by atoms with van der Waals surface area (Å²) in [5.74, 6) is -0.686. The monoisotopic (exact) mass is 363 g/mol. The van der Waals surface area contributed by atoms with Crippen LogP contribution in [0.5, 0.6) is 0 Å². The van der Waals surface area contributed by atoms with Crippen molar-refractivity contribution in [2.24, 2.45) is 0 Å². The van der Waals surface area contributed by atoms with Gasteiger partial charge in [-0.15, -0.1) is 11.8 Å². The molecular formula is C21H17NO3S. The number of amides is 1. The molecule has 0 fully saturated rings. The average Bonchev–Trinajstić information content (AvgIpc) is 3.11. The second kappa shape index (κ2) is 7.22. The van der Waals surface area contributed by atoms with Gasteiger partial charge >= 0.3 is 5.97 Å². The summed E-state index contributed by atoms with van der Waals surface area (Å²) in [7, 11) is 0. The maximum Gasteiger partial charge on any atom is 0.320 e. The van der Waals surface area contributed by atoms with Gasteiger partial charge in [-0.2, -0.15) is 0 Å². The molecule has 3 aromatic rings. The quantitative estimate of drug-likeness (QED) is 0.711. The lowest BCUT2D eigenvalue weighted by Crippen LogP contribution is -2.26. The molecular weight excluding hydrogens is 346 g/mol. The number of hydrogen-bond acceptors (Lipinski definition) is 4. The van der Waals surface area contributed by atoms with Crippen LogP contribution in [0.25, 0.3) is 10.8 Å². The lowest BCUT2D eigenvalue weighted by Gasteiger charge is -2.11. The molecule has 0 saturated heterocycles. The second-order valence-corrected chi connectivity index (χ2v) is 7.35. The molecule has 5 heteroatoms. The summed E-state index contributed by atoms with van der Waals surface area (Å²) in [5.41, 5.74) is 1.87. The highest BCUT2D eigenvalue weighted by atomic mass is 32.2. The number of rotatable bonds is 4. The van der Waals surface area contributed by atoms with E-state index in [0.717, 1.165) is 21.2 Å². The minimum atomic E-state index is -0.348. The molecule has 1 aliphatic rings. The molecule has 1 unspecified atom stereocenters. The third-order valence-corrected chi connectivity index (χ3v) is 5.62. The lowest BCUT2D eigenvalue weighted by molar-refractivity contribution is -0.146. The average molecular weight is 363 g/mol. The molecule has 1 N–H and O–H groups in total. The SMILES string of the molecule is O=C(COC(=O)C1Cc2ccccc2S1)Nc1cccc2ccccc12. The maximum atomic E-state index is 12.3. The number of hydrogen-bond donors (Lipinski definition) is 1. The van der Waals surface area contributed by atoms with Gasteiger partial charge in [0.15, 0.2) is 6.61 Å². The Balaban J connectivity index is 1.35. The Morgan fingerprint density at radius 1 is 1.00 bits per heavy atom. The highest BCUT2D eigenvalue weighted by molar-refractivity contribution is 8.01. The van der Waals surface area contributed by atoms with Gasteiger partial charge in [-0.05, 0) is 29.5 Å². The topological polar surface area (TPSA) is 55.4 Å². The highest BCUT2D eigenvalue weighted by Crippen LogP contribution is 2.37. The first kappa shape index (κ1) is 16.7. The number of nitrogens with one attached hydrogen (secondary N) is 1. The third kappa shape index (κ3) is 3.44. The molecule has 4 rings (SSSR count). The standard InChI is InChI=1S/C21H17NO3S/c23-20(22-17-10-5-8-14-6-1-3-9-16(14)17)13-25-21(24)19-12-15-7-2-4-11-18(15)26-19/h1-11,19H,12-13H2,(H,22,23). The molecule has 3 aromatic carbocycles. The summed E-state index contributed by atoms with van der Waals surface area (Å²) in [6.07, 6.45) is 0.643. The smallest absolute Gasteiger partial charge is 0.320 e. The predicted octanol–water partition coefficient (Wildman–Crippen LogP) is 4.04. The summed E-state index contributed by atoms with van der Waals surface area (Å²) in [4.78, 5) is 25.6. The van der Waals surface area contributed by atoms with E-state index in [9.17, 15) is 9.59 Å². The maximum absolute atomic E-state index is 12.3. The molecule has 4 nitrogen and oxygen atoms in total. The van der Waals surface area contributed by atoms with Gasteiger partial charge < -0.3 is 10.1 Å². The van der Waals surface area contributed by atoms with Crippen LogP contribution in [0.4, 0.5) is 5.69 Å². The summed E-state index contributed by atoms with van der Waals surface area (Å²) < 4.78 is 5.23. The Bertz CT molecular complexity index is 955. The molecule has 130 valence electrons. The van der Waals surface area contributed by atoms with Crippen molar-refractivity contribution in [3.05, 3.63) is 72.3 Å². The number of fused-ring (bicyclic) bond motifs is 2. The van der Waals surface area contributed by atoms with Gasteiger partial charge in [0.2, 0.25) is 0 Å². The number of ether oxygens (including phenoxy) is 1. The van der Waals surface area contributed by atoms with Gasteiger partial charge in [0.25, 0.3) is 5.91 Å². The van der Waals surface area contributed by atoms with Crippen LogP contribution in [0.3, 0.4) is 0 Å². The van der Waals surface area contributed by atoms with E-state index in [1.165, 1.54) is 11.8 Å². The minimum Gasteiger partial charge on any atom is -0.455 e. The van der Waals surface area contributed by atoms with Crippen LogP contribution in [-0.2, 0) is 20.7 Å². The fourth-order valence-electron chi connectivity index (χ4n) is 3.06. The Kier molecular flexibility index (Phi) is 4.63. The van der Waals surface area contributed by atoms with Crippen molar-refractivity contribution in [2.45, 2.75) is 16.6 Å². The van der Waals surface area contributed by atoms with Crippen LogP contribution in [0.1, 0.15) is 5.56 Å². The van der Waals surface area contributed by atoms with Crippen molar-refractivity contribution < 1.29 is 14.3 Å². The van der Waals surface area contributed by atoms with E-state index in [4.69, 9.17) is 4.74 Å². The number of carbonyl (C=O) groups is 2. The van der Waals surface area contributed by atoms with E-state index in [1.54, 1.807) is 0 Å². The van der Waals surface area contributed by atoms with E-state index in [1.807, 2.05) is 66.7 Å². The fraction of sp³-hybridized carbons (Fsp3) is 0.143. The van der Waals surface area contributed by atoms with E-state index in [2.05, 4.69) is 5.32 Å². The van der Waals surface area contributed by atoms with Crippen LogP contribution in [0, 0.1) is 0 Å². The molecule has 0 aromatic heterocycles. The van der Waals surface area contributed by atoms with Gasteiger partial charge in [-0.3, -0.25) is 9.59 Å². The summed E-state index contributed by atoms with van der Waals surface area (Å²) in [6, 6.07) is 21.5. The molecule has 0 radical (unpaired) electrons. The van der Waals surface area contributed by atoms with Crippen molar-refractivity contribution in [3.63, 3.8) is 0 Å². The summed E-state index contributed by atoms with van der Waals surface area (Å²) in [6.45, 7) is -0.282. The molecule has 1 aliphatic heterocycles. The molecule has 0 spiro atoms. The molecule has 1 heterocycles. The number of thioether (sulfide) groups is 1. The Morgan fingerprint density at radius 3 is 2.65 bits per heavy atom. The number of benzene rings is 3. The molecule has 1 amide bonds. The van der Waals surface area contributed by atoms with E-state index >= 15 is 0 Å². The molecule has 26 heavy (non-hydrogen) atoms. The van der Waals surface area contributed by atoms with Gasteiger partial charge in [0.1, 0.15) is 5.25 Å². The lowest BCUT2D eigenvalue weighted by atomic mass is 10.1. The summed E-state index contributed by atoms with van der Waals surface area (Å²) >= 11 is 1.50. The fourth-order valence-corrected chi connectivity index (χ4v) is 4.26. The Hall–Kier alpha value is -2.79. The van der Waals surface area contributed by atoms with Gasteiger partial charge in [-0.25, -0.2) is 0 Å². The van der Waals surface area contributed by atoms with Crippen LogP contribution >= 0.6 is 11.8 Å². The largest absolute Gasteiger partial charge is 0.455 e. The van der Waals surface area contributed by atoms with Crippen molar-refractivity contribution in [1.82, 2.24) is 0 Å². The summed E-state index contributed by atoms with van der Waals surface area (Å²) in [5, 5.41) is 4.54. The van der Waals surface area contributed by atoms with Crippen LogP contribution in [0.15, 0.2) is 71.6 Å². The number of esters is 1. The van der Waals surface area contributed by atoms with E-state index in [-0.39, 0.29) is 23.7 Å². The van der Waals surface area contributed by atoms with Crippen molar-refractivity contribution >= 4 is 40.1 Å². The van der Waals surface area contributed by atoms with Crippen molar-refractivity contribution in [3.8, 4) is 0 Å². The first-order valence-electron chi connectivity index (χ1n) is 8.39. The first-order chi connectivity index (χ1) is 12.7. The normalized spacial score (nSPS) is 15.5. The van der Waals surface area contributed by atoms with Gasteiger partial charge in [0.05, 0.1) is 0 Å². The molecule has 0 saturated carbocycles. The van der Waals surface area contributed by atoms with E-state index in [0.29, 0.717) is 12.1 Å². The zero-order valence-corrected chi connectivity index (χ0v) is 14.8. The zero-order chi connectivity index (χ0) is 17.9. The van der Waals surface area contributed by atoms with Crippen LogP contribution in [0.2, 0.25) is 0 Å². The first-order valence-corrected chi connectivity index (χ1v) is 9.27. The highest BCUT2D eigenvalue weighted by Gasteiger charge is 2.29. The van der Waals surface area contributed by atoms with Crippen molar-refractivity contribution in [1.29, 1.82) is 0 Å². The van der Waals surface area contributed by atoms with Gasteiger partial charge in [0, 0.05) is 16.0 Å². The third-order valence-electron chi connectivity index (χ3n) is 4.32. The Morgan fingerprint density at radius 2 is 1.77 bits per heavy atom. The van der Waals surface area contributed by atoms with Crippen LogP contribution < -0.4 is 5.32 Å². The molecule has 0 aliphatic carbocycles. The molecule has 0 bridgehead atoms. The van der Waals surface area contributed by atoms with Crippen molar-refractivity contribution in [2.75, 3.05) is 11.9 Å². The second-order valence-electron chi connectivity index (χ2n) is 6.10.